The first-order chi connectivity index (χ1) is 10.9. The molecule has 1 saturated carbocycles. The summed E-state index contributed by atoms with van der Waals surface area (Å²) < 4.78 is 5.06. The zero-order valence-corrected chi connectivity index (χ0v) is 14.0. The summed E-state index contributed by atoms with van der Waals surface area (Å²) in [5, 5.41) is 5.73. The summed E-state index contributed by atoms with van der Waals surface area (Å²) in [5.74, 6) is -0.609. The summed E-state index contributed by atoms with van der Waals surface area (Å²) in [6.45, 7) is 5.20. The molecule has 2 N–H and O–H groups in total. The van der Waals surface area contributed by atoms with E-state index in [1.54, 1.807) is 18.7 Å². The number of amides is 3. The van der Waals surface area contributed by atoms with Crippen molar-refractivity contribution in [2.24, 2.45) is 5.41 Å². The van der Waals surface area contributed by atoms with Gasteiger partial charge in [0.1, 0.15) is 12.0 Å². The number of hydrogen-bond donors (Lipinski definition) is 2. The van der Waals surface area contributed by atoms with Crippen LogP contribution in [0, 0.1) is 5.41 Å². The minimum absolute atomic E-state index is 0.0660. The van der Waals surface area contributed by atoms with E-state index in [-0.39, 0.29) is 30.4 Å². The Morgan fingerprint density at radius 1 is 1.26 bits per heavy atom. The molecule has 1 saturated heterocycles. The van der Waals surface area contributed by atoms with Crippen LogP contribution in [0.25, 0.3) is 0 Å². The van der Waals surface area contributed by atoms with E-state index in [4.69, 9.17) is 4.74 Å². The molecule has 0 aromatic rings. The molecule has 7 nitrogen and oxygen atoms in total. The highest BCUT2D eigenvalue weighted by Gasteiger charge is 2.37. The number of carbonyl (C=O) groups is 3. The highest BCUT2D eigenvalue weighted by atomic mass is 16.5. The molecule has 0 bridgehead atoms. The maximum absolute atomic E-state index is 12.3. The fourth-order valence-corrected chi connectivity index (χ4v) is 2.85. The quantitative estimate of drug-likeness (QED) is 0.675. The van der Waals surface area contributed by atoms with Gasteiger partial charge in [-0.2, -0.15) is 0 Å². The lowest BCUT2D eigenvalue weighted by Crippen LogP contribution is -2.52. The highest BCUT2D eigenvalue weighted by Crippen LogP contribution is 2.21. The van der Waals surface area contributed by atoms with Crippen LogP contribution in [0.3, 0.4) is 0 Å². The number of hydrogen-bond acceptors (Lipinski definition) is 4. The maximum atomic E-state index is 12.3. The van der Waals surface area contributed by atoms with Gasteiger partial charge in [-0.25, -0.2) is 0 Å². The average molecular weight is 325 g/mol. The van der Waals surface area contributed by atoms with Crippen LogP contribution in [0.5, 0.6) is 0 Å². The fourth-order valence-electron chi connectivity index (χ4n) is 2.85. The van der Waals surface area contributed by atoms with Crippen molar-refractivity contribution < 1.29 is 19.1 Å². The summed E-state index contributed by atoms with van der Waals surface area (Å²) in [5.41, 5.74) is -1.11. The van der Waals surface area contributed by atoms with E-state index < -0.39 is 5.41 Å². The number of nitrogens with one attached hydrogen (secondary N) is 2. The lowest BCUT2D eigenvalue weighted by Gasteiger charge is -2.28. The molecule has 0 atom stereocenters. The van der Waals surface area contributed by atoms with Crippen LogP contribution in [-0.2, 0) is 19.1 Å². The van der Waals surface area contributed by atoms with Gasteiger partial charge in [-0.1, -0.05) is 12.8 Å². The Bertz CT molecular complexity index is 458. The summed E-state index contributed by atoms with van der Waals surface area (Å²) in [6, 6.07) is 0.195. The minimum Gasteiger partial charge on any atom is -0.370 e. The monoisotopic (exact) mass is 325 g/mol. The van der Waals surface area contributed by atoms with Crippen molar-refractivity contribution in [1.82, 2.24) is 15.5 Å². The van der Waals surface area contributed by atoms with Gasteiger partial charge >= 0.3 is 0 Å². The Labute approximate surface area is 137 Å². The largest absolute Gasteiger partial charge is 0.370 e. The predicted octanol–water partition coefficient (Wildman–Crippen LogP) is 0.0464. The second-order valence-electron chi connectivity index (χ2n) is 6.77. The third kappa shape index (κ3) is 4.67. The van der Waals surface area contributed by atoms with E-state index in [1.807, 2.05) is 0 Å². The summed E-state index contributed by atoms with van der Waals surface area (Å²) in [7, 11) is 0. The second kappa shape index (κ2) is 7.77. The molecule has 7 heteroatoms. The van der Waals surface area contributed by atoms with Gasteiger partial charge in [0, 0.05) is 25.7 Å². The minimum atomic E-state index is -1.11. The Hall–Kier alpha value is -1.63. The van der Waals surface area contributed by atoms with E-state index in [9.17, 15) is 14.4 Å². The fraction of sp³-hybridized carbons (Fsp3) is 0.812. The van der Waals surface area contributed by atoms with Crippen LogP contribution in [0.4, 0.5) is 0 Å². The van der Waals surface area contributed by atoms with Crippen LogP contribution < -0.4 is 10.6 Å². The van der Waals surface area contributed by atoms with Gasteiger partial charge < -0.3 is 20.3 Å². The van der Waals surface area contributed by atoms with E-state index in [0.29, 0.717) is 26.2 Å². The van der Waals surface area contributed by atoms with Gasteiger partial charge in [0.15, 0.2) is 0 Å². The van der Waals surface area contributed by atoms with Gasteiger partial charge in [-0.05, 0) is 26.7 Å². The third-order valence-electron chi connectivity index (χ3n) is 4.58. The molecule has 0 unspecified atom stereocenters. The lowest BCUT2D eigenvalue weighted by molar-refractivity contribution is -0.144. The van der Waals surface area contributed by atoms with Crippen LogP contribution in [0.2, 0.25) is 0 Å². The molecule has 2 aliphatic rings. The molecule has 2 rings (SSSR count). The van der Waals surface area contributed by atoms with E-state index >= 15 is 0 Å². The maximum Gasteiger partial charge on any atom is 0.248 e. The van der Waals surface area contributed by atoms with E-state index in [2.05, 4.69) is 10.6 Å². The van der Waals surface area contributed by atoms with Crippen molar-refractivity contribution in [2.75, 3.05) is 32.8 Å². The van der Waals surface area contributed by atoms with Crippen LogP contribution in [0.1, 0.15) is 39.5 Å². The number of carbonyl (C=O) groups excluding carboxylic acids is 3. The average Bonchev–Trinajstić information content (AvgIpc) is 3.02. The summed E-state index contributed by atoms with van der Waals surface area (Å²) in [4.78, 5) is 37.9. The van der Waals surface area contributed by atoms with Crippen LogP contribution in [-0.4, -0.2) is 61.5 Å². The highest BCUT2D eigenvalue weighted by molar-refractivity contribution is 6.04. The topological polar surface area (TPSA) is 87.7 Å². The smallest absolute Gasteiger partial charge is 0.248 e. The second-order valence-corrected chi connectivity index (χ2v) is 6.77. The summed E-state index contributed by atoms with van der Waals surface area (Å²) >= 11 is 0. The van der Waals surface area contributed by atoms with Gasteiger partial charge in [-0.3, -0.25) is 14.4 Å². The molecule has 3 amide bonds. The SMILES string of the molecule is CC(C)(C(=O)NCCN1CCOCC1=O)C(=O)NC1CCCC1. The van der Waals surface area contributed by atoms with Gasteiger partial charge in [0.05, 0.1) is 6.61 Å². The molecule has 130 valence electrons. The lowest BCUT2D eigenvalue weighted by atomic mass is 9.90. The number of rotatable bonds is 6. The van der Waals surface area contributed by atoms with Crippen molar-refractivity contribution in [1.29, 1.82) is 0 Å². The van der Waals surface area contributed by atoms with Crippen molar-refractivity contribution in [3.05, 3.63) is 0 Å². The predicted molar refractivity (Wildman–Crippen MR) is 84.6 cm³/mol. The molecule has 0 spiro atoms. The van der Waals surface area contributed by atoms with Gasteiger partial charge in [0.2, 0.25) is 17.7 Å². The number of nitrogens with zero attached hydrogens (tertiary/aromatic N) is 1. The van der Waals surface area contributed by atoms with Crippen LogP contribution in [0.15, 0.2) is 0 Å². The van der Waals surface area contributed by atoms with Crippen molar-refractivity contribution >= 4 is 17.7 Å². The van der Waals surface area contributed by atoms with Gasteiger partial charge in [-0.15, -0.1) is 0 Å². The Morgan fingerprint density at radius 2 is 1.96 bits per heavy atom. The molecule has 0 radical (unpaired) electrons. The first kappa shape index (κ1) is 17.7. The van der Waals surface area contributed by atoms with E-state index in [1.165, 1.54) is 0 Å². The Kier molecular flexibility index (Phi) is 5.98. The molecule has 1 aliphatic carbocycles. The first-order valence-corrected chi connectivity index (χ1v) is 8.36. The van der Waals surface area contributed by atoms with Crippen molar-refractivity contribution in [2.45, 2.75) is 45.6 Å². The third-order valence-corrected chi connectivity index (χ3v) is 4.58. The molecular weight excluding hydrogens is 298 g/mol. The standard InChI is InChI=1S/C16H27N3O4/c1-16(2,15(22)18-12-5-3-4-6-12)14(21)17-7-8-19-9-10-23-11-13(19)20/h12H,3-11H2,1-2H3,(H,17,21)(H,18,22). The molecule has 23 heavy (non-hydrogen) atoms. The zero-order chi connectivity index (χ0) is 16.9. The molecule has 0 aromatic heterocycles. The van der Waals surface area contributed by atoms with Crippen molar-refractivity contribution in [3.8, 4) is 0 Å². The number of ether oxygens (including phenoxy) is 1. The normalized spacial score (nSPS) is 19.7. The molecule has 2 fully saturated rings. The first-order valence-electron chi connectivity index (χ1n) is 8.36. The van der Waals surface area contributed by atoms with Gasteiger partial charge in [0.25, 0.3) is 0 Å². The Morgan fingerprint density at radius 3 is 2.61 bits per heavy atom. The van der Waals surface area contributed by atoms with Crippen molar-refractivity contribution in [3.63, 3.8) is 0 Å². The van der Waals surface area contributed by atoms with E-state index in [0.717, 1.165) is 25.7 Å². The molecule has 1 heterocycles. The number of morpholine rings is 1. The summed E-state index contributed by atoms with van der Waals surface area (Å²) in [6.07, 6.45) is 4.24. The molecular formula is C16H27N3O4. The molecule has 1 aliphatic heterocycles. The zero-order valence-electron chi connectivity index (χ0n) is 14.0. The Balaban J connectivity index is 1.76. The molecule has 0 aromatic carbocycles. The van der Waals surface area contributed by atoms with Crippen LogP contribution >= 0.6 is 0 Å².